The molecule has 0 N–H and O–H groups in total. The van der Waals surface area contributed by atoms with E-state index in [1.54, 1.807) is 31.4 Å². The lowest BCUT2D eigenvalue weighted by Crippen LogP contribution is -2.44. The van der Waals surface area contributed by atoms with Crippen LogP contribution in [-0.2, 0) is 14.3 Å². The first kappa shape index (κ1) is 31.1. The highest BCUT2D eigenvalue weighted by Gasteiger charge is 2.48. The summed E-state index contributed by atoms with van der Waals surface area (Å²) in [7, 11) is 1.66. The molecular weight excluding hydrogens is 566 g/mol. The van der Waals surface area contributed by atoms with Crippen LogP contribution in [0.25, 0.3) is 0 Å². The molecule has 5 rings (SSSR count). The van der Waals surface area contributed by atoms with Gasteiger partial charge in [-0.1, -0.05) is 39.8 Å². The van der Waals surface area contributed by atoms with Crippen molar-refractivity contribution in [2.24, 2.45) is 10.8 Å². The zero-order valence-corrected chi connectivity index (χ0v) is 25.7. The summed E-state index contributed by atoms with van der Waals surface area (Å²) in [5.41, 5.74) is 2.61. The summed E-state index contributed by atoms with van der Waals surface area (Å²) in [6.45, 7) is 9.60. The SMILES string of the molecule is COCCCN1C2=C(C(=O)CC(C)(C)C2)C(c2ccc(Oc3ccc([N+](=O)[O-])cc3[N+](=O)[O-])cc2)C2=C1CC(C)(C)CC2=O. The van der Waals surface area contributed by atoms with Crippen molar-refractivity contribution in [3.63, 3.8) is 0 Å². The number of nitro benzene ring substituents is 2. The average molecular weight is 604 g/mol. The third-order valence-electron chi connectivity index (χ3n) is 8.54. The Morgan fingerprint density at radius 3 is 1.91 bits per heavy atom. The van der Waals surface area contributed by atoms with Crippen molar-refractivity contribution in [3.05, 3.63) is 90.8 Å². The van der Waals surface area contributed by atoms with E-state index in [0.717, 1.165) is 35.5 Å². The Kier molecular flexibility index (Phi) is 8.19. The smallest absolute Gasteiger partial charge is 0.318 e. The van der Waals surface area contributed by atoms with Crippen molar-refractivity contribution in [3.8, 4) is 11.5 Å². The zero-order valence-electron chi connectivity index (χ0n) is 25.7. The molecule has 0 fully saturated rings. The number of carbonyl (C=O) groups excluding carboxylic acids is 2. The van der Waals surface area contributed by atoms with Crippen LogP contribution < -0.4 is 4.74 Å². The van der Waals surface area contributed by atoms with Gasteiger partial charge in [0, 0.05) is 67.6 Å². The van der Waals surface area contributed by atoms with Crippen LogP contribution in [0.4, 0.5) is 11.4 Å². The number of methoxy groups -OCH3 is 1. The Morgan fingerprint density at radius 2 is 1.41 bits per heavy atom. The second-order valence-corrected chi connectivity index (χ2v) is 13.4. The van der Waals surface area contributed by atoms with E-state index in [1.807, 2.05) is 0 Å². The number of nitro groups is 2. The number of ketones is 2. The largest absolute Gasteiger partial charge is 0.450 e. The summed E-state index contributed by atoms with van der Waals surface area (Å²) >= 11 is 0. The van der Waals surface area contributed by atoms with Crippen LogP contribution in [0.2, 0.25) is 0 Å². The summed E-state index contributed by atoms with van der Waals surface area (Å²) in [5, 5.41) is 22.7. The standard InChI is InChI=1S/C33H37N3O8/c1-32(2)16-24-30(26(37)18-32)29(31-25(34(24)13-6-14-43-5)17-33(3,4)19-27(31)38)20-7-10-22(11-8-20)44-28-12-9-21(35(39)40)15-23(28)36(41)42/h7-12,15,29H,6,13-14,16-19H2,1-5H3. The summed E-state index contributed by atoms with van der Waals surface area (Å²) < 4.78 is 11.1. The van der Waals surface area contributed by atoms with E-state index in [4.69, 9.17) is 9.47 Å². The van der Waals surface area contributed by atoms with E-state index >= 15 is 0 Å². The molecule has 1 aliphatic heterocycles. The molecule has 11 nitrogen and oxygen atoms in total. The van der Waals surface area contributed by atoms with E-state index in [-0.39, 0.29) is 33.9 Å². The van der Waals surface area contributed by atoms with Gasteiger partial charge >= 0.3 is 5.69 Å². The molecule has 0 saturated heterocycles. The van der Waals surface area contributed by atoms with Crippen LogP contribution in [-0.4, -0.2) is 46.6 Å². The number of nitrogens with zero attached hydrogens (tertiary/aromatic N) is 3. The molecule has 0 bridgehead atoms. The van der Waals surface area contributed by atoms with Gasteiger partial charge in [-0.15, -0.1) is 0 Å². The minimum Gasteiger partial charge on any atom is -0.450 e. The number of allylic oxidation sites excluding steroid dienone is 4. The highest BCUT2D eigenvalue weighted by molar-refractivity contribution is 6.06. The predicted molar refractivity (Wildman–Crippen MR) is 162 cm³/mol. The molecule has 0 spiro atoms. The topological polar surface area (TPSA) is 142 Å². The van der Waals surface area contributed by atoms with Crippen molar-refractivity contribution in [1.82, 2.24) is 4.90 Å². The number of ether oxygens (including phenoxy) is 2. The monoisotopic (exact) mass is 603 g/mol. The molecule has 0 unspecified atom stereocenters. The number of hydrogen-bond donors (Lipinski definition) is 0. The zero-order chi connectivity index (χ0) is 32.0. The molecule has 2 aromatic carbocycles. The van der Waals surface area contributed by atoms with Gasteiger partial charge in [-0.05, 0) is 53.9 Å². The van der Waals surface area contributed by atoms with Crippen molar-refractivity contribution >= 4 is 22.9 Å². The summed E-state index contributed by atoms with van der Waals surface area (Å²) in [6.07, 6.45) is 2.91. The van der Waals surface area contributed by atoms with Crippen LogP contribution >= 0.6 is 0 Å². The molecule has 11 heteroatoms. The van der Waals surface area contributed by atoms with E-state index in [9.17, 15) is 29.8 Å². The average Bonchev–Trinajstić information content (AvgIpc) is 2.92. The van der Waals surface area contributed by atoms with Gasteiger partial charge in [0.05, 0.1) is 15.9 Å². The van der Waals surface area contributed by atoms with Gasteiger partial charge in [0.2, 0.25) is 5.75 Å². The second-order valence-electron chi connectivity index (χ2n) is 13.4. The van der Waals surface area contributed by atoms with E-state index in [1.165, 1.54) is 6.07 Å². The van der Waals surface area contributed by atoms with Gasteiger partial charge in [0.25, 0.3) is 5.69 Å². The molecule has 2 aromatic rings. The molecule has 2 aliphatic carbocycles. The molecule has 0 radical (unpaired) electrons. The molecule has 0 aromatic heterocycles. The first-order valence-electron chi connectivity index (χ1n) is 14.7. The molecule has 3 aliphatic rings. The van der Waals surface area contributed by atoms with E-state index < -0.39 is 27.1 Å². The summed E-state index contributed by atoms with van der Waals surface area (Å²) in [5.74, 6) is -0.331. The Bertz CT molecular complexity index is 1550. The van der Waals surface area contributed by atoms with Gasteiger partial charge in [-0.2, -0.15) is 0 Å². The lowest BCUT2D eigenvalue weighted by molar-refractivity contribution is -0.394. The van der Waals surface area contributed by atoms with E-state index in [0.29, 0.717) is 50.0 Å². The maximum Gasteiger partial charge on any atom is 0.318 e. The van der Waals surface area contributed by atoms with Gasteiger partial charge in [0.15, 0.2) is 11.6 Å². The van der Waals surface area contributed by atoms with Crippen LogP contribution in [0.3, 0.4) is 0 Å². The Morgan fingerprint density at radius 1 is 0.841 bits per heavy atom. The third-order valence-corrected chi connectivity index (χ3v) is 8.54. The fraction of sp³-hybridized carbons (Fsp3) is 0.455. The van der Waals surface area contributed by atoms with Crippen LogP contribution in [0, 0.1) is 31.1 Å². The van der Waals surface area contributed by atoms with Gasteiger partial charge < -0.3 is 14.4 Å². The maximum atomic E-state index is 13.9. The highest BCUT2D eigenvalue weighted by atomic mass is 16.6. The van der Waals surface area contributed by atoms with E-state index in [2.05, 4.69) is 32.6 Å². The number of non-ortho nitro benzene ring substituents is 1. The fourth-order valence-electron chi connectivity index (χ4n) is 6.72. The number of Topliss-reactive ketones (excluding diaryl/α,β-unsaturated/α-hetero) is 2. The molecule has 0 amide bonds. The molecule has 0 atom stereocenters. The Balaban J connectivity index is 1.58. The normalized spacial score (nSPS) is 19.5. The number of rotatable bonds is 9. The predicted octanol–water partition coefficient (Wildman–Crippen LogP) is 7.02. The first-order chi connectivity index (χ1) is 20.7. The van der Waals surface area contributed by atoms with Crippen LogP contribution in [0.15, 0.2) is 65.0 Å². The number of benzene rings is 2. The minimum atomic E-state index is -0.731. The van der Waals surface area contributed by atoms with Crippen molar-refractivity contribution in [1.29, 1.82) is 0 Å². The lowest BCUT2D eigenvalue weighted by Gasteiger charge is -2.49. The lowest BCUT2D eigenvalue weighted by atomic mass is 9.63. The van der Waals surface area contributed by atoms with Crippen LogP contribution in [0.5, 0.6) is 11.5 Å². The van der Waals surface area contributed by atoms with Crippen LogP contribution in [0.1, 0.15) is 71.3 Å². The number of hydrogen-bond acceptors (Lipinski definition) is 9. The molecule has 232 valence electrons. The fourth-order valence-corrected chi connectivity index (χ4v) is 6.72. The molecule has 1 heterocycles. The second kappa shape index (κ2) is 11.6. The molecular formula is C33H37N3O8. The summed E-state index contributed by atoms with van der Waals surface area (Å²) in [4.78, 5) is 51.3. The van der Waals surface area contributed by atoms with Crippen molar-refractivity contribution in [2.45, 2.75) is 65.7 Å². The van der Waals surface area contributed by atoms with Crippen molar-refractivity contribution in [2.75, 3.05) is 20.3 Å². The van der Waals surface area contributed by atoms with Gasteiger partial charge in [-0.3, -0.25) is 29.8 Å². The van der Waals surface area contributed by atoms with Gasteiger partial charge in [0.1, 0.15) is 5.75 Å². The Labute approximate surface area is 255 Å². The minimum absolute atomic E-state index is 0.0315. The number of carbonyl (C=O) groups is 2. The molecule has 0 saturated carbocycles. The first-order valence-corrected chi connectivity index (χ1v) is 14.7. The maximum absolute atomic E-state index is 13.9. The quantitative estimate of drug-likeness (QED) is 0.168. The summed E-state index contributed by atoms with van der Waals surface area (Å²) in [6, 6.07) is 10.0. The highest BCUT2D eigenvalue weighted by Crippen LogP contribution is 2.54. The van der Waals surface area contributed by atoms with Crippen molar-refractivity contribution < 1.29 is 28.9 Å². The molecule has 44 heavy (non-hydrogen) atoms. The van der Waals surface area contributed by atoms with Gasteiger partial charge in [-0.25, -0.2) is 0 Å². The third kappa shape index (κ3) is 6.01. The Hall–Kier alpha value is -4.38.